The molecular weight excluding hydrogens is 377 g/mol. The van der Waals surface area contributed by atoms with Gasteiger partial charge < -0.3 is 9.73 Å². The molecule has 2 aromatic carbocycles. The van der Waals surface area contributed by atoms with Crippen molar-refractivity contribution < 1.29 is 17.8 Å². The van der Waals surface area contributed by atoms with Crippen LogP contribution in [0.1, 0.15) is 21.9 Å². The van der Waals surface area contributed by atoms with Gasteiger partial charge in [0.25, 0.3) is 5.91 Å². The quantitative estimate of drug-likeness (QED) is 0.681. The molecule has 4 nitrogen and oxygen atoms in total. The van der Waals surface area contributed by atoms with Crippen LogP contribution in [-0.4, -0.2) is 10.1 Å². The lowest BCUT2D eigenvalue weighted by Crippen LogP contribution is -2.22. The number of rotatable bonds is 6. The first-order valence-corrected chi connectivity index (χ1v) is 9.46. The summed E-state index contributed by atoms with van der Waals surface area (Å²) in [7, 11) is -1.33. The molecule has 134 valence electrons. The Morgan fingerprint density at radius 2 is 1.88 bits per heavy atom. The SMILES string of the molecule is O=C(NCc1ccc(F)cc1)c1ccc(C[S@](=O)c2cccc(Cl)c2)o1. The van der Waals surface area contributed by atoms with Crippen LogP contribution in [0.15, 0.2) is 70.0 Å². The summed E-state index contributed by atoms with van der Waals surface area (Å²) in [5.74, 6) is -0.0102. The van der Waals surface area contributed by atoms with Crippen molar-refractivity contribution in [1.29, 1.82) is 0 Å². The molecule has 1 atom stereocenters. The molecule has 0 aliphatic heterocycles. The van der Waals surface area contributed by atoms with Crippen LogP contribution in [0.2, 0.25) is 5.02 Å². The molecule has 1 heterocycles. The number of nitrogens with one attached hydrogen (secondary N) is 1. The van der Waals surface area contributed by atoms with Crippen LogP contribution >= 0.6 is 11.6 Å². The van der Waals surface area contributed by atoms with Crippen molar-refractivity contribution in [3.05, 3.63) is 88.6 Å². The summed E-state index contributed by atoms with van der Waals surface area (Å²) in [6.07, 6.45) is 0. The van der Waals surface area contributed by atoms with Crippen molar-refractivity contribution in [2.45, 2.75) is 17.2 Å². The number of carbonyl (C=O) groups excluding carboxylic acids is 1. The maximum Gasteiger partial charge on any atom is 0.287 e. The Bertz CT molecular complexity index is 940. The summed E-state index contributed by atoms with van der Waals surface area (Å²) in [5, 5.41) is 3.20. The first-order valence-electron chi connectivity index (χ1n) is 7.76. The molecule has 0 bridgehead atoms. The van der Waals surface area contributed by atoms with Crippen LogP contribution < -0.4 is 5.32 Å². The highest BCUT2D eigenvalue weighted by molar-refractivity contribution is 7.84. The second kappa shape index (κ2) is 8.29. The minimum absolute atomic E-state index is 0.130. The van der Waals surface area contributed by atoms with E-state index in [-0.39, 0.29) is 23.9 Å². The van der Waals surface area contributed by atoms with E-state index in [1.807, 2.05) is 0 Å². The standard InChI is InChI=1S/C19H15ClFNO3S/c20-14-2-1-3-17(10-14)26(24)12-16-8-9-18(25-16)19(23)22-11-13-4-6-15(21)7-5-13/h1-10H,11-12H2,(H,22,23)/t26-/m0/s1. The normalized spacial score (nSPS) is 11.9. The van der Waals surface area contributed by atoms with Crippen molar-refractivity contribution in [3.8, 4) is 0 Å². The van der Waals surface area contributed by atoms with E-state index in [2.05, 4.69) is 5.32 Å². The maximum absolute atomic E-state index is 12.9. The van der Waals surface area contributed by atoms with Crippen LogP contribution in [0.3, 0.4) is 0 Å². The molecule has 1 amide bonds. The van der Waals surface area contributed by atoms with Crippen molar-refractivity contribution >= 4 is 28.3 Å². The van der Waals surface area contributed by atoms with Gasteiger partial charge in [-0.25, -0.2) is 4.39 Å². The highest BCUT2D eigenvalue weighted by atomic mass is 35.5. The van der Waals surface area contributed by atoms with Crippen molar-refractivity contribution in [2.75, 3.05) is 0 Å². The first kappa shape index (κ1) is 18.4. The fourth-order valence-corrected chi connectivity index (χ4v) is 3.59. The number of amides is 1. The van der Waals surface area contributed by atoms with Gasteiger partial charge in [0.05, 0.1) is 16.6 Å². The number of benzene rings is 2. The average Bonchev–Trinajstić information content (AvgIpc) is 3.09. The summed E-state index contributed by atoms with van der Waals surface area (Å²) >= 11 is 5.90. The van der Waals surface area contributed by atoms with Crippen LogP contribution in [-0.2, 0) is 23.1 Å². The van der Waals surface area contributed by atoms with E-state index in [1.165, 1.54) is 18.2 Å². The van der Waals surface area contributed by atoms with Crippen molar-refractivity contribution in [3.63, 3.8) is 0 Å². The summed E-state index contributed by atoms with van der Waals surface area (Å²) in [5.41, 5.74) is 0.772. The molecule has 0 saturated carbocycles. The summed E-state index contributed by atoms with van der Waals surface area (Å²) < 4.78 is 30.7. The zero-order chi connectivity index (χ0) is 18.5. The van der Waals surface area contributed by atoms with E-state index in [0.717, 1.165) is 5.56 Å². The Hall–Kier alpha value is -2.44. The molecule has 0 fully saturated rings. The van der Waals surface area contributed by atoms with Gasteiger partial charge in [-0.1, -0.05) is 29.8 Å². The third kappa shape index (κ3) is 4.80. The lowest BCUT2D eigenvalue weighted by atomic mass is 10.2. The van der Waals surface area contributed by atoms with Gasteiger partial charge in [-0.15, -0.1) is 0 Å². The third-order valence-electron chi connectivity index (χ3n) is 3.58. The molecule has 1 N–H and O–H groups in total. The monoisotopic (exact) mass is 391 g/mol. The topological polar surface area (TPSA) is 59.3 Å². The Labute approximate surface area is 157 Å². The van der Waals surface area contributed by atoms with E-state index in [1.54, 1.807) is 42.5 Å². The van der Waals surface area contributed by atoms with Gasteiger partial charge in [0.15, 0.2) is 5.76 Å². The number of furan rings is 1. The van der Waals surface area contributed by atoms with Gasteiger partial charge in [-0.05, 0) is 48.0 Å². The summed E-state index contributed by atoms with van der Waals surface area (Å²) in [6, 6.07) is 15.8. The molecular formula is C19H15ClFNO3S. The Morgan fingerprint density at radius 3 is 2.62 bits per heavy atom. The molecule has 3 aromatic rings. The summed E-state index contributed by atoms with van der Waals surface area (Å²) in [6.45, 7) is 0.254. The van der Waals surface area contributed by atoms with Gasteiger partial charge in [0.2, 0.25) is 0 Å². The molecule has 0 spiro atoms. The Morgan fingerprint density at radius 1 is 1.12 bits per heavy atom. The number of hydrogen-bond acceptors (Lipinski definition) is 3. The highest BCUT2D eigenvalue weighted by Gasteiger charge is 2.14. The smallest absolute Gasteiger partial charge is 0.287 e. The van der Waals surface area contributed by atoms with Crippen LogP contribution in [0.5, 0.6) is 0 Å². The second-order valence-electron chi connectivity index (χ2n) is 5.52. The second-order valence-corrected chi connectivity index (χ2v) is 7.41. The zero-order valence-electron chi connectivity index (χ0n) is 13.6. The van der Waals surface area contributed by atoms with Crippen molar-refractivity contribution in [2.24, 2.45) is 0 Å². The molecule has 0 radical (unpaired) electrons. The molecule has 0 aliphatic rings. The Kier molecular flexibility index (Phi) is 5.85. The van der Waals surface area contributed by atoms with E-state index < -0.39 is 16.7 Å². The van der Waals surface area contributed by atoms with Crippen LogP contribution in [0.4, 0.5) is 4.39 Å². The average molecular weight is 392 g/mol. The molecule has 1 aromatic heterocycles. The van der Waals surface area contributed by atoms with Gasteiger partial charge in [0, 0.05) is 16.5 Å². The lowest BCUT2D eigenvalue weighted by molar-refractivity contribution is 0.0921. The van der Waals surface area contributed by atoms with E-state index in [9.17, 15) is 13.4 Å². The predicted molar refractivity (Wildman–Crippen MR) is 97.8 cm³/mol. The van der Waals surface area contributed by atoms with Crippen molar-refractivity contribution in [1.82, 2.24) is 5.32 Å². The lowest BCUT2D eigenvalue weighted by Gasteiger charge is -2.04. The van der Waals surface area contributed by atoms with E-state index in [4.69, 9.17) is 16.0 Å². The molecule has 0 unspecified atom stereocenters. The maximum atomic E-state index is 12.9. The number of halogens is 2. The third-order valence-corrected chi connectivity index (χ3v) is 5.15. The molecule has 26 heavy (non-hydrogen) atoms. The fourth-order valence-electron chi connectivity index (χ4n) is 2.27. The van der Waals surface area contributed by atoms with E-state index >= 15 is 0 Å². The van der Waals surface area contributed by atoms with Gasteiger partial charge in [-0.3, -0.25) is 9.00 Å². The molecule has 3 rings (SSSR count). The highest BCUT2D eigenvalue weighted by Crippen LogP contribution is 2.18. The minimum Gasteiger partial charge on any atom is -0.455 e. The Balaban J connectivity index is 1.59. The number of carbonyl (C=O) groups is 1. The molecule has 7 heteroatoms. The first-order chi connectivity index (χ1) is 12.5. The van der Waals surface area contributed by atoms with Gasteiger partial charge >= 0.3 is 0 Å². The minimum atomic E-state index is -1.33. The largest absolute Gasteiger partial charge is 0.455 e. The fraction of sp³-hybridized carbons (Fsp3) is 0.105. The predicted octanol–water partition coefficient (Wildman–Crippen LogP) is 4.31. The van der Waals surface area contributed by atoms with E-state index in [0.29, 0.717) is 15.7 Å². The van der Waals surface area contributed by atoms with Gasteiger partial charge in [-0.2, -0.15) is 0 Å². The van der Waals surface area contributed by atoms with Crippen LogP contribution in [0.25, 0.3) is 0 Å². The van der Waals surface area contributed by atoms with Gasteiger partial charge in [0.1, 0.15) is 11.6 Å². The number of hydrogen-bond donors (Lipinski definition) is 1. The zero-order valence-corrected chi connectivity index (χ0v) is 15.1. The van der Waals surface area contributed by atoms with Crippen LogP contribution in [0, 0.1) is 5.82 Å². The molecule has 0 saturated heterocycles. The summed E-state index contributed by atoms with van der Waals surface area (Å²) in [4.78, 5) is 12.7. The molecule has 0 aliphatic carbocycles.